The Bertz CT molecular complexity index is 650. The van der Waals surface area contributed by atoms with Gasteiger partial charge in [-0.3, -0.25) is 0 Å². The van der Waals surface area contributed by atoms with Crippen molar-refractivity contribution >= 4 is 5.69 Å². The molecule has 2 nitrogen and oxygen atoms in total. The minimum atomic E-state index is 0.687. The van der Waals surface area contributed by atoms with Crippen LogP contribution in [0.15, 0.2) is 42.5 Å². The molecule has 2 aromatic carbocycles. The molecular formula is C19H21NO. The van der Waals surface area contributed by atoms with Gasteiger partial charge in [0.05, 0.1) is 6.61 Å². The molecule has 1 N–H and O–H groups in total. The topological polar surface area (TPSA) is 21.3 Å². The van der Waals surface area contributed by atoms with Crippen molar-refractivity contribution in [3.8, 4) is 5.75 Å². The average Bonchev–Trinajstić information content (AvgIpc) is 3.00. The Labute approximate surface area is 126 Å². The van der Waals surface area contributed by atoms with E-state index in [9.17, 15) is 0 Å². The fourth-order valence-corrected chi connectivity index (χ4v) is 3.59. The van der Waals surface area contributed by atoms with Crippen molar-refractivity contribution in [1.82, 2.24) is 0 Å². The second-order valence-electron chi connectivity index (χ2n) is 6.08. The minimum Gasteiger partial charge on any atom is -0.493 e. The lowest BCUT2D eigenvalue weighted by atomic mass is 9.86. The molecule has 0 aromatic heterocycles. The van der Waals surface area contributed by atoms with Crippen molar-refractivity contribution in [2.24, 2.45) is 0 Å². The molecule has 2 aliphatic rings. The van der Waals surface area contributed by atoms with Crippen molar-refractivity contribution in [2.45, 2.75) is 31.6 Å². The van der Waals surface area contributed by atoms with E-state index in [4.69, 9.17) is 4.74 Å². The zero-order valence-electron chi connectivity index (χ0n) is 12.3. The maximum absolute atomic E-state index is 5.59. The first-order valence-electron chi connectivity index (χ1n) is 7.97. The van der Waals surface area contributed by atoms with E-state index in [1.54, 1.807) is 0 Å². The van der Waals surface area contributed by atoms with Crippen molar-refractivity contribution in [1.29, 1.82) is 0 Å². The first-order valence-corrected chi connectivity index (χ1v) is 7.97. The Morgan fingerprint density at radius 2 is 2.10 bits per heavy atom. The SMILES string of the molecule is c1ccc2c(c1)NCCC2CCc1ccc2c(c1)CCO2. The van der Waals surface area contributed by atoms with Gasteiger partial charge in [0.1, 0.15) is 5.75 Å². The lowest BCUT2D eigenvalue weighted by Crippen LogP contribution is -2.17. The highest BCUT2D eigenvalue weighted by molar-refractivity contribution is 5.54. The molecule has 1 unspecified atom stereocenters. The molecule has 2 heteroatoms. The molecule has 0 fully saturated rings. The molecule has 0 amide bonds. The van der Waals surface area contributed by atoms with E-state index in [1.807, 2.05) is 0 Å². The molecule has 0 saturated heterocycles. The molecule has 4 rings (SSSR count). The minimum absolute atomic E-state index is 0.687. The Balaban J connectivity index is 1.48. The summed E-state index contributed by atoms with van der Waals surface area (Å²) in [6, 6.07) is 15.5. The summed E-state index contributed by atoms with van der Waals surface area (Å²) < 4.78 is 5.59. The van der Waals surface area contributed by atoms with Gasteiger partial charge in [-0.1, -0.05) is 30.3 Å². The zero-order valence-corrected chi connectivity index (χ0v) is 12.3. The Hall–Kier alpha value is -1.96. The van der Waals surface area contributed by atoms with Crippen LogP contribution < -0.4 is 10.1 Å². The highest BCUT2D eigenvalue weighted by atomic mass is 16.5. The van der Waals surface area contributed by atoms with Gasteiger partial charge in [0.25, 0.3) is 0 Å². The van der Waals surface area contributed by atoms with Crippen LogP contribution >= 0.6 is 0 Å². The molecule has 0 spiro atoms. The summed E-state index contributed by atoms with van der Waals surface area (Å²) in [5.74, 6) is 1.78. The van der Waals surface area contributed by atoms with E-state index in [2.05, 4.69) is 47.8 Å². The summed E-state index contributed by atoms with van der Waals surface area (Å²) in [6.07, 6.45) is 4.70. The van der Waals surface area contributed by atoms with Crippen LogP contribution in [0.5, 0.6) is 5.75 Å². The number of para-hydroxylation sites is 1. The number of nitrogens with one attached hydrogen (secondary N) is 1. The maximum Gasteiger partial charge on any atom is 0.122 e. The number of fused-ring (bicyclic) bond motifs is 2. The van der Waals surface area contributed by atoms with Crippen LogP contribution in [0, 0.1) is 0 Å². The zero-order chi connectivity index (χ0) is 14.1. The van der Waals surface area contributed by atoms with E-state index < -0.39 is 0 Å². The Morgan fingerprint density at radius 3 is 3.10 bits per heavy atom. The highest BCUT2D eigenvalue weighted by Crippen LogP contribution is 2.35. The van der Waals surface area contributed by atoms with E-state index in [-0.39, 0.29) is 0 Å². The first-order chi connectivity index (χ1) is 10.4. The largest absolute Gasteiger partial charge is 0.493 e. The number of rotatable bonds is 3. The first kappa shape index (κ1) is 12.8. The summed E-state index contributed by atoms with van der Waals surface area (Å²) in [7, 11) is 0. The van der Waals surface area contributed by atoms with Gasteiger partial charge in [-0.15, -0.1) is 0 Å². The summed E-state index contributed by atoms with van der Waals surface area (Å²) in [6.45, 7) is 1.94. The van der Waals surface area contributed by atoms with Gasteiger partial charge in [0, 0.05) is 18.7 Å². The molecule has 21 heavy (non-hydrogen) atoms. The standard InChI is InChI=1S/C19H21NO/c1-2-4-18-17(3-1)15(9-11-20-18)7-5-14-6-8-19-16(13-14)10-12-21-19/h1-4,6,8,13,15,20H,5,7,9-12H2. The predicted octanol–water partition coefficient (Wildman–Crippen LogP) is 4.15. The van der Waals surface area contributed by atoms with E-state index in [0.29, 0.717) is 5.92 Å². The molecule has 108 valence electrons. The van der Waals surface area contributed by atoms with Crippen LogP contribution in [0.25, 0.3) is 0 Å². The number of benzene rings is 2. The fourth-order valence-electron chi connectivity index (χ4n) is 3.59. The summed E-state index contributed by atoms with van der Waals surface area (Å²) in [5, 5.41) is 3.51. The van der Waals surface area contributed by atoms with E-state index in [1.165, 1.54) is 35.2 Å². The van der Waals surface area contributed by atoms with Crippen LogP contribution in [0.2, 0.25) is 0 Å². The van der Waals surface area contributed by atoms with E-state index in [0.717, 1.165) is 31.7 Å². The second kappa shape index (κ2) is 5.44. The third-order valence-corrected chi connectivity index (χ3v) is 4.74. The molecule has 0 radical (unpaired) electrons. The number of hydrogen-bond acceptors (Lipinski definition) is 2. The second-order valence-corrected chi connectivity index (χ2v) is 6.08. The summed E-state index contributed by atoms with van der Waals surface area (Å²) in [5.41, 5.74) is 5.66. The van der Waals surface area contributed by atoms with Gasteiger partial charge >= 0.3 is 0 Å². The highest BCUT2D eigenvalue weighted by Gasteiger charge is 2.19. The van der Waals surface area contributed by atoms with Gasteiger partial charge < -0.3 is 10.1 Å². The molecule has 0 saturated carbocycles. The molecule has 1 atom stereocenters. The smallest absolute Gasteiger partial charge is 0.122 e. The Morgan fingerprint density at radius 1 is 1.14 bits per heavy atom. The van der Waals surface area contributed by atoms with Gasteiger partial charge in [0.15, 0.2) is 0 Å². The Kier molecular flexibility index (Phi) is 3.30. The molecular weight excluding hydrogens is 258 g/mol. The van der Waals surface area contributed by atoms with Crippen molar-refractivity contribution in [3.05, 3.63) is 59.2 Å². The van der Waals surface area contributed by atoms with Crippen molar-refractivity contribution in [2.75, 3.05) is 18.5 Å². The summed E-state index contributed by atoms with van der Waals surface area (Å²) >= 11 is 0. The fraction of sp³-hybridized carbons (Fsp3) is 0.368. The van der Waals surface area contributed by atoms with Crippen molar-refractivity contribution in [3.63, 3.8) is 0 Å². The van der Waals surface area contributed by atoms with Gasteiger partial charge in [-0.05, 0) is 54.0 Å². The van der Waals surface area contributed by atoms with Gasteiger partial charge in [-0.25, -0.2) is 0 Å². The maximum atomic E-state index is 5.59. The van der Waals surface area contributed by atoms with Crippen LogP contribution in [0.1, 0.15) is 35.4 Å². The number of ether oxygens (including phenoxy) is 1. The van der Waals surface area contributed by atoms with Crippen LogP contribution in [0.3, 0.4) is 0 Å². The average molecular weight is 279 g/mol. The lowest BCUT2D eigenvalue weighted by molar-refractivity contribution is 0.357. The molecule has 0 aliphatic carbocycles. The summed E-state index contributed by atoms with van der Waals surface area (Å²) in [4.78, 5) is 0. The van der Waals surface area contributed by atoms with Crippen LogP contribution in [0.4, 0.5) is 5.69 Å². The normalized spacial score (nSPS) is 19.3. The number of anilines is 1. The quantitative estimate of drug-likeness (QED) is 0.911. The van der Waals surface area contributed by atoms with Crippen molar-refractivity contribution < 1.29 is 4.74 Å². The van der Waals surface area contributed by atoms with E-state index >= 15 is 0 Å². The lowest BCUT2D eigenvalue weighted by Gasteiger charge is -2.26. The third kappa shape index (κ3) is 2.51. The predicted molar refractivity (Wildman–Crippen MR) is 86.3 cm³/mol. The molecule has 2 aliphatic heterocycles. The van der Waals surface area contributed by atoms with Gasteiger partial charge in [0.2, 0.25) is 0 Å². The number of aryl methyl sites for hydroxylation is 1. The number of hydrogen-bond donors (Lipinski definition) is 1. The third-order valence-electron chi connectivity index (χ3n) is 4.74. The van der Waals surface area contributed by atoms with Gasteiger partial charge in [-0.2, -0.15) is 0 Å². The van der Waals surface area contributed by atoms with Crippen LogP contribution in [-0.2, 0) is 12.8 Å². The molecule has 2 aromatic rings. The molecule has 0 bridgehead atoms. The molecule has 2 heterocycles. The van der Waals surface area contributed by atoms with Crippen LogP contribution in [-0.4, -0.2) is 13.2 Å². The monoisotopic (exact) mass is 279 g/mol.